The summed E-state index contributed by atoms with van der Waals surface area (Å²) < 4.78 is 39.6. The molecule has 1 aliphatic heterocycles. The fourth-order valence-corrected chi connectivity index (χ4v) is 5.34. The van der Waals surface area contributed by atoms with Gasteiger partial charge in [-0.2, -0.15) is 4.31 Å². The van der Waals surface area contributed by atoms with E-state index in [1.807, 2.05) is 0 Å². The molecule has 1 heterocycles. The Morgan fingerprint density at radius 2 is 1.57 bits per heavy atom. The summed E-state index contributed by atoms with van der Waals surface area (Å²) in [4.78, 5) is 14.0. The molecule has 23 heavy (non-hydrogen) atoms. The Hall–Kier alpha value is -1.47. The van der Waals surface area contributed by atoms with Gasteiger partial charge in [0, 0.05) is 31.7 Å². The molecule has 1 saturated carbocycles. The molecule has 1 aliphatic carbocycles. The number of carbonyl (C=O) groups excluding carboxylic acids is 1. The Morgan fingerprint density at radius 3 is 2.13 bits per heavy atom. The van der Waals surface area contributed by atoms with Crippen molar-refractivity contribution in [1.82, 2.24) is 9.21 Å². The van der Waals surface area contributed by atoms with E-state index in [0.717, 1.165) is 25.7 Å². The Labute approximate surface area is 136 Å². The smallest absolute Gasteiger partial charge is 0.253 e. The quantitative estimate of drug-likeness (QED) is 0.844. The minimum atomic E-state index is -3.24. The molecule has 0 N–H and O–H groups in total. The second-order valence-corrected chi connectivity index (χ2v) is 8.36. The molecule has 1 saturated heterocycles. The lowest BCUT2D eigenvalue weighted by Gasteiger charge is -2.35. The molecule has 0 spiro atoms. The van der Waals surface area contributed by atoms with Gasteiger partial charge in [-0.15, -0.1) is 0 Å². The van der Waals surface area contributed by atoms with Crippen molar-refractivity contribution in [2.75, 3.05) is 26.2 Å². The van der Waals surface area contributed by atoms with Gasteiger partial charge in [-0.25, -0.2) is 12.8 Å². The monoisotopic (exact) mass is 340 g/mol. The zero-order chi connectivity index (χ0) is 16.4. The first-order valence-corrected chi connectivity index (χ1v) is 9.52. The van der Waals surface area contributed by atoms with Gasteiger partial charge in [0.1, 0.15) is 5.82 Å². The number of amides is 1. The zero-order valence-electron chi connectivity index (χ0n) is 12.9. The third-order valence-corrected chi connectivity index (χ3v) is 7.10. The lowest BCUT2D eigenvalue weighted by Crippen LogP contribution is -2.52. The van der Waals surface area contributed by atoms with Crippen molar-refractivity contribution in [3.63, 3.8) is 0 Å². The third kappa shape index (κ3) is 3.40. The molecule has 1 aromatic carbocycles. The van der Waals surface area contributed by atoms with Crippen LogP contribution in [0.3, 0.4) is 0 Å². The molecule has 1 aromatic rings. The Kier molecular flexibility index (Phi) is 4.68. The summed E-state index contributed by atoms with van der Waals surface area (Å²) in [5.41, 5.74) is 0.429. The maximum absolute atomic E-state index is 12.9. The summed E-state index contributed by atoms with van der Waals surface area (Å²) in [6, 6.07) is 5.43. The number of rotatable bonds is 3. The van der Waals surface area contributed by atoms with Gasteiger partial charge in [0.25, 0.3) is 5.91 Å². The number of sulfonamides is 1. The fraction of sp³-hybridized carbons (Fsp3) is 0.562. The van der Waals surface area contributed by atoms with Crippen LogP contribution in [0.2, 0.25) is 0 Å². The van der Waals surface area contributed by atoms with Crippen molar-refractivity contribution in [2.45, 2.75) is 30.9 Å². The zero-order valence-corrected chi connectivity index (χ0v) is 13.8. The fourth-order valence-electron chi connectivity index (χ4n) is 3.32. The maximum atomic E-state index is 12.9. The van der Waals surface area contributed by atoms with E-state index in [9.17, 15) is 17.6 Å². The molecule has 5 nitrogen and oxygen atoms in total. The van der Waals surface area contributed by atoms with E-state index in [1.165, 1.54) is 28.6 Å². The van der Waals surface area contributed by atoms with Crippen molar-refractivity contribution < 1.29 is 17.6 Å². The SMILES string of the molecule is O=C(c1ccc(F)cc1)N1CCN(S(=O)(=O)C2CCCC2)CC1. The van der Waals surface area contributed by atoms with Crippen LogP contribution in [0.5, 0.6) is 0 Å². The van der Waals surface area contributed by atoms with Crippen LogP contribution in [-0.2, 0) is 10.0 Å². The molecule has 0 bridgehead atoms. The van der Waals surface area contributed by atoms with Crippen LogP contribution in [0.4, 0.5) is 4.39 Å². The predicted octanol–water partition coefficient (Wildman–Crippen LogP) is 1.86. The molecule has 2 aliphatic rings. The Morgan fingerprint density at radius 1 is 1.00 bits per heavy atom. The van der Waals surface area contributed by atoms with Gasteiger partial charge < -0.3 is 4.90 Å². The molecule has 0 radical (unpaired) electrons. The topological polar surface area (TPSA) is 57.7 Å². The minimum absolute atomic E-state index is 0.178. The second kappa shape index (κ2) is 6.57. The number of hydrogen-bond donors (Lipinski definition) is 0. The summed E-state index contributed by atoms with van der Waals surface area (Å²) in [6.45, 7) is 1.43. The molecule has 1 amide bonds. The normalized spacial score (nSPS) is 20.8. The molecule has 126 valence electrons. The van der Waals surface area contributed by atoms with Gasteiger partial charge in [0.05, 0.1) is 5.25 Å². The lowest BCUT2D eigenvalue weighted by molar-refractivity contribution is 0.0697. The molecule has 3 rings (SSSR count). The first-order chi connectivity index (χ1) is 11.0. The van der Waals surface area contributed by atoms with Crippen LogP contribution < -0.4 is 0 Å². The average molecular weight is 340 g/mol. The van der Waals surface area contributed by atoms with Crippen molar-refractivity contribution in [1.29, 1.82) is 0 Å². The van der Waals surface area contributed by atoms with Gasteiger partial charge in [-0.1, -0.05) is 12.8 Å². The highest BCUT2D eigenvalue weighted by atomic mass is 32.2. The summed E-state index contributed by atoms with van der Waals surface area (Å²) >= 11 is 0. The number of piperazine rings is 1. The van der Waals surface area contributed by atoms with Crippen molar-refractivity contribution in [3.8, 4) is 0 Å². The van der Waals surface area contributed by atoms with Gasteiger partial charge in [0.2, 0.25) is 10.0 Å². The summed E-state index contributed by atoms with van der Waals surface area (Å²) in [5.74, 6) is -0.558. The van der Waals surface area contributed by atoms with Gasteiger partial charge in [0.15, 0.2) is 0 Å². The highest BCUT2D eigenvalue weighted by Gasteiger charge is 2.36. The molecule has 0 aromatic heterocycles. The molecule has 0 unspecified atom stereocenters. The van der Waals surface area contributed by atoms with Crippen LogP contribution in [-0.4, -0.2) is 55.0 Å². The summed E-state index contributed by atoms with van der Waals surface area (Å²) in [6.07, 6.45) is 3.45. The number of benzene rings is 1. The van der Waals surface area contributed by atoms with Crippen LogP contribution >= 0.6 is 0 Å². The van der Waals surface area contributed by atoms with Gasteiger partial charge >= 0.3 is 0 Å². The summed E-state index contributed by atoms with van der Waals surface area (Å²) in [7, 11) is -3.24. The van der Waals surface area contributed by atoms with Crippen LogP contribution in [0.1, 0.15) is 36.0 Å². The molecular weight excluding hydrogens is 319 g/mol. The highest BCUT2D eigenvalue weighted by Crippen LogP contribution is 2.27. The van der Waals surface area contributed by atoms with E-state index in [1.54, 1.807) is 4.90 Å². The molecule has 0 atom stereocenters. The van der Waals surface area contributed by atoms with Crippen molar-refractivity contribution in [3.05, 3.63) is 35.6 Å². The largest absolute Gasteiger partial charge is 0.336 e. The van der Waals surface area contributed by atoms with Crippen molar-refractivity contribution >= 4 is 15.9 Å². The predicted molar refractivity (Wildman–Crippen MR) is 85.1 cm³/mol. The Balaban J connectivity index is 1.62. The van der Waals surface area contributed by atoms with Crippen LogP contribution in [0.15, 0.2) is 24.3 Å². The van der Waals surface area contributed by atoms with E-state index < -0.39 is 10.0 Å². The van der Waals surface area contributed by atoms with E-state index >= 15 is 0 Å². The standard InChI is InChI=1S/C16H21FN2O3S/c17-14-7-5-13(6-8-14)16(20)18-9-11-19(12-10-18)23(21,22)15-3-1-2-4-15/h5-8,15H,1-4,9-12H2. The number of carbonyl (C=O) groups is 1. The first kappa shape index (κ1) is 16.4. The molecule has 7 heteroatoms. The van der Waals surface area contributed by atoms with Crippen LogP contribution in [0, 0.1) is 5.82 Å². The molecular formula is C16H21FN2O3S. The highest BCUT2D eigenvalue weighted by molar-refractivity contribution is 7.89. The number of halogens is 1. The van der Waals surface area contributed by atoms with Crippen molar-refractivity contribution in [2.24, 2.45) is 0 Å². The molecule has 2 fully saturated rings. The first-order valence-electron chi connectivity index (χ1n) is 8.02. The van der Waals surface area contributed by atoms with E-state index in [4.69, 9.17) is 0 Å². The van der Waals surface area contributed by atoms with Gasteiger partial charge in [-0.3, -0.25) is 4.79 Å². The van der Waals surface area contributed by atoms with E-state index in [2.05, 4.69) is 0 Å². The van der Waals surface area contributed by atoms with E-state index in [0.29, 0.717) is 31.7 Å². The maximum Gasteiger partial charge on any atom is 0.253 e. The summed E-state index contributed by atoms with van der Waals surface area (Å²) in [5, 5.41) is -0.248. The minimum Gasteiger partial charge on any atom is -0.336 e. The van der Waals surface area contributed by atoms with Gasteiger partial charge in [-0.05, 0) is 37.1 Å². The lowest BCUT2D eigenvalue weighted by atomic mass is 10.2. The second-order valence-electron chi connectivity index (χ2n) is 6.15. The third-order valence-electron chi connectivity index (χ3n) is 4.70. The number of hydrogen-bond acceptors (Lipinski definition) is 3. The average Bonchev–Trinajstić information content (AvgIpc) is 3.10. The van der Waals surface area contributed by atoms with E-state index in [-0.39, 0.29) is 17.0 Å². The van der Waals surface area contributed by atoms with Crippen LogP contribution in [0.25, 0.3) is 0 Å². The Bertz CT molecular complexity index is 661. The number of nitrogens with zero attached hydrogens (tertiary/aromatic N) is 2.